The van der Waals surface area contributed by atoms with E-state index >= 15 is 0 Å². The van der Waals surface area contributed by atoms with Gasteiger partial charge in [-0.15, -0.1) is 0 Å². The molecule has 1 rings (SSSR count). The average molecular weight is 233 g/mol. The van der Waals surface area contributed by atoms with Crippen molar-refractivity contribution in [2.45, 2.75) is 49.4 Å². The Morgan fingerprint density at radius 2 is 2.07 bits per heavy atom. The van der Waals surface area contributed by atoms with Gasteiger partial charge in [0.15, 0.2) is 0 Å². The molecular weight excluding hydrogens is 210 g/mol. The van der Waals surface area contributed by atoms with Crippen molar-refractivity contribution in [3.63, 3.8) is 0 Å². The van der Waals surface area contributed by atoms with Gasteiger partial charge in [0.05, 0.1) is 0 Å². The smallest absolute Gasteiger partial charge is 0.0170 e. The van der Waals surface area contributed by atoms with Gasteiger partial charge in [0, 0.05) is 15.7 Å². The summed E-state index contributed by atoms with van der Waals surface area (Å²) in [5, 5.41) is 2.27. The molecule has 0 aromatic rings. The first-order chi connectivity index (χ1) is 6.60. The summed E-state index contributed by atoms with van der Waals surface area (Å²) in [6, 6.07) is 0. The van der Waals surface area contributed by atoms with E-state index in [1.54, 1.807) is 0 Å². The van der Waals surface area contributed by atoms with Crippen LogP contribution in [0.15, 0.2) is 0 Å². The van der Waals surface area contributed by atoms with Gasteiger partial charge in [-0.25, -0.2) is 0 Å². The fourth-order valence-corrected chi connectivity index (χ4v) is 3.31. The molecule has 0 aromatic heterocycles. The van der Waals surface area contributed by atoms with Crippen LogP contribution in [0, 0.1) is 11.8 Å². The Morgan fingerprint density at radius 3 is 2.43 bits per heavy atom. The Bertz CT molecular complexity index is 175. The Hall–Kier alpha value is 0.660. The van der Waals surface area contributed by atoms with Crippen LogP contribution in [0.3, 0.4) is 0 Å². The van der Waals surface area contributed by atoms with Gasteiger partial charge >= 0.3 is 0 Å². The van der Waals surface area contributed by atoms with E-state index in [4.69, 9.17) is 18.4 Å². The molecule has 0 bridgehead atoms. The molecule has 1 aliphatic rings. The van der Waals surface area contributed by atoms with Crippen LogP contribution >= 0.6 is 24.4 Å². The van der Waals surface area contributed by atoms with Crippen molar-refractivity contribution < 1.29 is 0 Å². The minimum absolute atomic E-state index is 0.485. The fourth-order valence-electron chi connectivity index (χ4n) is 1.93. The topological polar surface area (TPSA) is 26.0 Å². The van der Waals surface area contributed by atoms with E-state index in [1.807, 2.05) is 0 Å². The zero-order chi connectivity index (χ0) is 10.7. The lowest BCUT2D eigenvalue weighted by Gasteiger charge is -2.26. The van der Waals surface area contributed by atoms with Gasteiger partial charge < -0.3 is 5.73 Å². The lowest BCUT2D eigenvalue weighted by Crippen LogP contribution is -2.28. The molecule has 14 heavy (non-hydrogen) atoms. The first-order valence-corrected chi connectivity index (χ1v) is 7.09. The van der Waals surface area contributed by atoms with Crippen LogP contribution in [-0.2, 0) is 0 Å². The zero-order valence-corrected chi connectivity index (χ0v) is 11.2. The molecule has 0 spiro atoms. The van der Waals surface area contributed by atoms with Crippen molar-refractivity contribution in [3.05, 3.63) is 0 Å². The molecule has 2 N–H and O–H groups in total. The van der Waals surface area contributed by atoms with E-state index < -0.39 is 0 Å². The Kier molecular flexibility index (Phi) is 5.15. The standard InChI is InChI=1S/C11H23NS2/c1-4-9(5-10-8(3)14-10)11(13)7(2)6-12/h7-11,13H,4-6,12H2,1-3H3/t7-,8+,9?,10?,11?/m0/s1. The summed E-state index contributed by atoms with van der Waals surface area (Å²) in [6.07, 6.45) is 2.57. The highest BCUT2D eigenvalue weighted by molar-refractivity contribution is 8.07. The molecule has 0 saturated carbocycles. The zero-order valence-electron chi connectivity index (χ0n) is 9.44. The molecule has 0 amide bonds. The molecule has 0 aliphatic carbocycles. The van der Waals surface area contributed by atoms with Crippen molar-refractivity contribution in [3.8, 4) is 0 Å². The summed E-state index contributed by atoms with van der Waals surface area (Å²) in [6.45, 7) is 7.57. The molecule has 1 heterocycles. The Morgan fingerprint density at radius 1 is 1.50 bits per heavy atom. The van der Waals surface area contributed by atoms with E-state index in [2.05, 4.69) is 32.5 Å². The molecule has 5 atom stereocenters. The maximum absolute atomic E-state index is 5.69. The molecule has 0 aromatic carbocycles. The maximum atomic E-state index is 5.69. The number of hydrogen-bond donors (Lipinski definition) is 2. The highest BCUT2D eigenvalue weighted by atomic mass is 32.2. The number of hydrogen-bond acceptors (Lipinski definition) is 3. The summed E-state index contributed by atoms with van der Waals surface area (Å²) in [5.41, 5.74) is 5.69. The summed E-state index contributed by atoms with van der Waals surface area (Å²) in [5.74, 6) is 1.29. The second-order valence-electron chi connectivity index (χ2n) is 4.49. The summed E-state index contributed by atoms with van der Waals surface area (Å²) in [7, 11) is 0. The average Bonchev–Trinajstić information content (AvgIpc) is 2.88. The Labute approximate surface area is 98.0 Å². The second-order valence-corrected chi connectivity index (χ2v) is 6.70. The lowest BCUT2D eigenvalue weighted by atomic mass is 9.89. The van der Waals surface area contributed by atoms with Gasteiger partial charge in [0.1, 0.15) is 0 Å². The van der Waals surface area contributed by atoms with Crippen molar-refractivity contribution in [1.82, 2.24) is 0 Å². The second kappa shape index (κ2) is 5.66. The minimum atomic E-state index is 0.485. The van der Waals surface area contributed by atoms with Crippen LogP contribution < -0.4 is 5.73 Å². The van der Waals surface area contributed by atoms with E-state index in [0.29, 0.717) is 11.2 Å². The summed E-state index contributed by atoms with van der Waals surface area (Å²) >= 11 is 6.83. The van der Waals surface area contributed by atoms with Gasteiger partial charge in [0.2, 0.25) is 0 Å². The summed E-state index contributed by atoms with van der Waals surface area (Å²) in [4.78, 5) is 0. The third-order valence-corrected chi connectivity index (χ3v) is 5.66. The third kappa shape index (κ3) is 3.35. The molecule has 0 radical (unpaired) electrons. The first-order valence-electron chi connectivity index (χ1n) is 5.63. The van der Waals surface area contributed by atoms with Crippen LogP contribution in [0.1, 0.15) is 33.6 Å². The van der Waals surface area contributed by atoms with Gasteiger partial charge in [-0.05, 0) is 24.8 Å². The van der Waals surface area contributed by atoms with Gasteiger partial charge in [-0.1, -0.05) is 27.2 Å². The number of rotatable bonds is 6. The largest absolute Gasteiger partial charge is 0.330 e. The van der Waals surface area contributed by atoms with Crippen LogP contribution in [0.4, 0.5) is 0 Å². The number of thioether (sulfide) groups is 1. The summed E-state index contributed by atoms with van der Waals surface area (Å²) < 4.78 is 0. The molecule has 3 unspecified atom stereocenters. The molecule has 3 heteroatoms. The maximum Gasteiger partial charge on any atom is 0.0170 e. The minimum Gasteiger partial charge on any atom is -0.330 e. The number of nitrogens with two attached hydrogens (primary N) is 1. The van der Waals surface area contributed by atoms with E-state index in [9.17, 15) is 0 Å². The number of thiol groups is 1. The third-order valence-electron chi connectivity index (χ3n) is 3.33. The molecule has 1 nitrogen and oxygen atoms in total. The predicted octanol–water partition coefficient (Wildman–Crippen LogP) is 2.80. The van der Waals surface area contributed by atoms with Gasteiger partial charge in [-0.2, -0.15) is 24.4 Å². The molecular formula is C11H23NS2. The monoisotopic (exact) mass is 233 g/mol. The highest BCUT2D eigenvalue weighted by Gasteiger charge is 2.37. The van der Waals surface area contributed by atoms with E-state index in [-0.39, 0.29) is 0 Å². The first kappa shape index (κ1) is 12.7. The van der Waals surface area contributed by atoms with Crippen molar-refractivity contribution in [2.75, 3.05) is 6.54 Å². The van der Waals surface area contributed by atoms with Crippen molar-refractivity contribution in [2.24, 2.45) is 17.6 Å². The van der Waals surface area contributed by atoms with Crippen LogP contribution in [0.5, 0.6) is 0 Å². The normalized spacial score (nSPS) is 32.4. The van der Waals surface area contributed by atoms with E-state index in [0.717, 1.165) is 23.0 Å². The molecule has 84 valence electrons. The van der Waals surface area contributed by atoms with Crippen molar-refractivity contribution >= 4 is 24.4 Å². The van der Waals surface area contributed by atoms with Gasteiger partial charge in [-0.3, -0.25) is 0 Å². The molecule has 1 saturated heterocycles. The van der Waals surface area contributed by atoms with Gasteiger partial charge in [0.25, 0.3) is 0 Å². The van der Waals surface area contributed by atoms with Crippen molar-refractivity contribution in [1.29, 1.82) is 0 Å². The molecule has 1 aliphatic heterocycles. The molecule has 1 fully saturated rings. The Balaban J connectivity index is 2.36. The van der Waals surface area contributed by atoms with E-state index in [1.165, 1.54) is 12.8 Å². The lowest BCUT2D eigenvalue weighted by molar-refractivity contribution is 0.383. The fraction of sp³-hybridized carbons (Fsp3) is 1.00. The van der Waals surface area contributed by atoms with Crippen LogP contribution in [0.2, 0.25) is 0 Å². The van der Waals surface area contributed by atoms with Crippen LogP contribution in [0.25, 0.3) is 0 Å². The SMILES string of the molecule is CCC(CC1S[C@@H]1C)C(S)[C@@H](C)CN. The highest BCUT2D eigenvalue weighted by Crippen LogP contribution is 2.46. The van der Waals surface area contributed by atoms with Crippen LogP contribution in [-0.4, -0.2) is 22.3 Å². The predicted molar refractivity (Wildman–Crippen MR) is 70.2 cm³/mol. The quantitative estimate of drug-likeness (QED) is 0.545.